The van der Waals surface area contributed by atoms with Gasteiger partial charge in [0.1, 0.15) is 0 Å². The van der Waals surface area contributed by atoms with Gasteiger partial charge in [-0.25, -0.2) is 4.79 Å². The number of anilines is 1. The van der Waals surface area contributed by atoms with Crippen LogP contribution < -0.4 is 10.6 Å². The zero-order valence-electron chi connectivity index (χ0n) is 11.4. The smallest absolute Gasteiger partial charge is 0.337 e. The monoisotopic (exact) mass is 340 g/mol. The van der Waals surface area contributed by atoms with E-state index in [9.17, 15) is 22.2 Å². The zero-order chi connectivity index (χ0) is 16.0. The molecule has 1 aromatic rings. The highest BCUT2D eigenvalue weighted by Gasteiger charge is 2.30. The maximum Gasteiger partial charge on any atom is 0.446 e. The lowest BCUT2D eigenvalue weighted by Crippen LogP contribution is -2.32. The number of rotatable bonds is 5. The summed E-state index contributed by atoms with van der Waals surface area (Å²) in [6, 6.07) is 3.75. The minimum Gasteiger partial charge on any atom is -0.337 e. The van der Waals surface area contributed by atoms with Crippen LogP contribution in [0.3, 0.4) is 0 Å². The van der Waals surface area contributed by atoms with Crippen molar-refractivity contribution < 1.29 is 22.2 Å². The lowest BCUT2D eigenvalue weighted by molar-refractivity contribution is -0.0328. The Morgan fingerprint density at radius 2 is 2.05 bits per heavy atom. The van der Waals surface area contributed by atoms with Gasteiger partial charge in [0, 0.05) is 34.2 Å². The van der Waals surface area contributed by atoms with E-state index in [2.05, 4.69) is 10.6 Å². The molecule has 0 unspecified atom stereocenters. The summed E-state index contributed by atoms with van der Waals surface area (Å²) >= 11 is -0.279. The molecule has 0 fully saturated rings. The van der Waals surface area contributed by atoms with Gasteiger partial charge >= 0.3 is 11.5 Å². The van der Waals surface area contributed by atoms with E-state index in [4.69, 9.17) is 0 Å². The van der Waals surface area contributed by atoms with Crippen LogP contribution in [0.2, 0.25) is 0 Å². The molecule has 1 aromatic carbocycles. The van der Waals surface area contributed by atoms with Crippen LogP contribution in [-0.4, -0.2) is 34.3 Å². The topological polar surface area (TPSA) is 58.2 Å². The molecule has 0 aliphatic heterocycles. The molecule has 4 nitrogen and oxygen atoms in total. The number of thioether (sulfide) groups is 1. The fourth-order valence-corrected chi connectivity index (χ4v) is 2.53. The van der Waals surface area contributed by atoms with Crippen LogP contribution in [0, 0.1) is 6.92 Å². The molecule has 0 aliphatic rings. The van der Waals surface area contributed by atoms with Crippen molar-refractivity contribution in [3.05, 3.63) is 23.8 Å². The van der Waals surface area contributed by atoms with E-state index >= 15 is 0 Å². The summed E-state index contributed by atoms with van der Waals surface area (Å²) in [6.45, 7) is 1.85. The maximum atomic E-state index is 12.5. The predicted molar refractivity (Wildman–Crippen MR) is 79.0 cm³/mol. The first-order chi connectivity index (χ1) is 9.67. The van der Waals surface area contributed by atoms with Gasteiger partial charge in [-0.05, 0) is 36.4 Å². The molecule has 0 aromatic heterocycles. The molecule has 0 bridgehead atoms. The normalized spacial score (nSPS) is 12.8. The van der Waals surface area contributed by atoms with Gasteiger partial charge in [0.25, 0.3) is 0 Å². The van der Waals surface area contributed by atoms with Gasteiger partial charge in [-0.3, -0.25) is 4.21 Å². The molecule has 21 heavy (non-hydrogen) atoms. The summed E-state index contributed by atoms with van der Waals surface area (Å²) < 4.78 is 48.3. The molecule has 0 radical (unpaired) electrons. The summed E-state index contributed by atoms with van der Waals surface area (Å²) in [5.41, 5.74) is -3.69. The highest BCUT2D eigenvalue weighted by atomic mass is 32.2. The highest BCUT2D eigenvalue weighted by Crippen LogP contribution is 2.40. The Hall–Kier alpha value is -1.22. The van der Waals surface area contributed by atoms with E-state index in [0.717, 1.165) is 0 Å². The fourth-order valence-electron chi connectivity index (χ4n) is 1.42. The van der Waals surface area contributed by atoms with Gasteiger partial charge in [-0.2, -0.15) is 13.2 Å². The van der Waals surface area contributed by atoms with E-state index in [1.165, 1.54) is 18.4 Å². The van der Waals surface area contributed by atoms with Crippen molar-refractivity contribution in [2.45, 2.75) is 17.3 Å². The molecule has 2 amide bonds. The number of alkyl halides is 3. The van der Waals surface area contributed by atoms with Crippen molar-refractivity contribution >= 4 is 34.3 Å². The zero-order valence-corrected chi connectivity index (χ0v) is 13.0. The van der Waals surface area contributed by atoms with Crippen molar-refractivity contribution in [2.24, 2.45) is 0 Å². The summed E-state index contributed by atoms with van der Waals surface area (Å²) in [7, 11) is -1.04. The molecule has 0 saturated heterocycles. The first-order valence-corrected chi connectivity index (χ1v) is 8.43. The van der Waals surface area contributed by atoms with Crippen LogP contribution in [0.25, 0.3) is 0 Å². The lowest BCUT2D eigenvalue weighted by atomic mass is 10.2. The van der Waals surface area contributed by atoms with E-state index in [0.29, 0.717) is 5.56 Å². The third-order valence-electron chi connectivity index (χ3n) is 2.29. The Labute approximate surface area is 127 Å². The molecule has 0 heterocycles. The first-order valence-electron chi connectivity index (χ1n) is 5.88. The Balaban J connectivity index is 2.73. The van der Waals surface area contributed by atoms with Gasteiger partial charge in [0.2, 0.25) is 0 Å². The molecule has 1 rings (SSSR count). The number of urea groups is 1. The van der Waals surface area contributed by atoms with Crippen LogP contribution >= 0.6 is 11.8 Å². The van der Waals surface area contributed by atoms with E-state index in [1.54, 1.807) is 13.0 Å². The Morgan fingerprint density at radius 3 is 2.62 bits per heavy atom. The molecular formula is C12H15F3N2O2S2. The minimum absolute atomic E-state index is 0.0725. The minimum atomic E-state index is -4.43. The van der Waals surface area contributed by atoms with E-state index in [-0.39, 0.29) is 34.6 Å². The Kier molecular flexibility index (Phi) is 6.53. The first kappa shape index (κ1) is 17.8. The van der Waals surface area contributed by atoms with Crippen molar-refractivity contribution in [1.29, 1.82) is 0 Å². The third kappa shape index (κ3) is 7.37. The van der Waals surface area contributed by atoms with Gasteiger partial charge in [-0.15, -0.1) is 0 Å². The molecule has 0 saturated carbocycles. The standard InChI is InChI=1S/C12H15F3N2O2S2/c1-8-3-4-9(10(7-8)20-12(13,14)15)17-11(18)16-5-6-21(2)19/h3-4,7H,5-6H2,1-2H3,(H2,16,17,18)/t21-/m0/s1. The number of carbonyl (C=O) groups is 1. The van der Waals surface area contributed by atoms with Gasteiger partial charge in [0.05, 0.1) is 5.69 Å². The molecule has 1 atom stereocenters. The summed E-state index contributed by atoms with van der Waals surface area (Å²) in [4.78, 5) is 11.5. The largest absolute Gasteiger partial charge is 0.446 e. The van der Waals surface area contributed by atoms with Gasteiger partial charge in [0.15, 0.2) is 0 Å². The molecule has 118 valence electrons. The van der Waals surface area contributed by atoms with Gasteiger partial charge < -0.3 is 10.6 Å². The van der Waals surface area contributed by atoms with Crippen LogP contribution in [0.5, 0.6) is 0 Å². The number of hydrogen-bond donors (Lipinski definition) is 2. The number of amides is 2. The average molecular weight is 340 g/mol. The maximum absolute atomic E-state index is 12.5. The quantitative estimate of drug-likeness (QED) is 0.810. The van der Waals surface area contributed by atoms with E-state index < -0.39 is 22.3 Å². The van der Waals surface area contributed by atoms with E-state index in [1.807, 2.05) is 0 Å². The molecule has 2 N–H and O–H groups in total. The summed E-state index contributed by atoms with van der Waals surface area (Å²) in [6.07, 6.45) is 1.50. The Bertz CT molecular complexity index is 536. The summed E-state index contributed by atoms with van der Waals surface area (Å²) in [5, 5.41) is 4.80. The predicted octanol–water partition coefficient (Wildman–Crippen LogP) is 3.11. The van der Waals surface area contributed by atoms with Crippen molar-refractivity contribution in [1.82, 2.24) is 5.32 Å². The number of carbonyl (C=O) groups excluding carboxylic acids is 1. The van der Waals surface area contributed by atoms with Crippen molar-refractivity contribution in [3.63, 3.8) is 0 Å². The second-order valence-corrected chi connectivity index (χ2v) is 6.87. The molecular weight excluding hydrogens is 325 g/mol. The van der Waals surface area contributed by atoms with Crippen molar-refractivity contribution in [2.75, 3.05) is 23.9 Å². The molecule has 0 spiro atoms. The van der Waals surface area contributed by atoms with Crippen LogP contribution in [0.1, 0.15) is 5.56 Å². The number of hydrogen-bond acceptors (Lipinski definition) is 3. The molecule has 9 heteroatoms. The summed E-state index contributed by atoms with van der Waals surface area (Å²) in [5.74, 6) is 0.283. The Morgan fingerprint density at radius 1 is 1.38 bits per heavy atom. The van der Waals surface area contributed by atoms with Crippen LogP contribution in [0.15, 0.2) is 23.1 Å². The second-order valence-electron chi connectivity index (χ2n) is 4.21. The molecule has 0 aliphatic carbocycles. The third-order valence-corrected chi connectivity index (χ3v) is 3.85. The number of benzene rings is 1. The second kappa shape index (κ2) is 7.69. The lowest BCUT2D eigenvalue weighted by Gasteiger charge is -2.13. The number of halogens is 3. The number of aryl methyl sites for hydroxylation is 1. The highest BCUT2D eigenvalue weighted by molar-refractivity contribution is 8.00. The average Bonchev–Trinajstić information content (AvgIpc) is 2.30. The fraction of sp³-hybridized carbons (Fsp3) is 0.417. The van der Waals surface area contributed by atoms with Crippen molar-refractivity contribution in [3.8, 4) is 0 Å². The SMILES string of the molecule is Cc1ccc(NC(=O)NCC[S@](C)=O)c(SC(F)(F)F)c1. The van der Waals surface area contributed by atoms with Crippen LogP contribution in [0.4, 0.5) is 23.7 Å². The van der Waals surface area contributed by atoms with Gasteiger partial charge in [-0.1, -0.05) is 6.07 Å². The van der Waals surface area contributed by atoms with Crippen LogP contribution in [-0.2, 0) is 10.8 Å². The number of nitrogens with one attached hydrogen (secondary N) is 2.